The van der Waals surface area contributed by atoms with E-state index in [9.17, 15) is 4.39 Å². The number of nitrogens with one attached hydrogen (secondary N) is 2. The standard InChI is InChI=1S/C24H24FN3S2/c1-17-21(22-14-19(25)9-10-23(22)27-17)11-12-28(16-20-8-5-13-30-20)24(29)26-15-18-6-3-2-4-7-18/h2-10,13-14,27H,11-12,15-16H2,1H3,(H,26,29). The summed E-state index contributed by atoms with van der Waals surface area (Å²) >= 11 is 7.47. The molecule has 0 aliphatic rings. The van der Waals surface area contributed by atoms with Gasteiger partial charge in [0.2, 0.25) is 0 Å². The van der Waals surface area contributed by atoms with Gasteiger partial charge in [-0.3, -0.25) is 0 Å². The molecule has 0 saturated carbocycles. The Balaban J connectivity index is 1.49. The normalized spacial score (nSPS) is 11.0. The first-order valence-corrected chi connectivity index (χ1v) is 11.2. The van der Waals surface area contributed by atoms with E-state index in [-0.39, 0.29) is 5.82 Å². The summed E-state index contributed by atoms with van der Waals surface area (Å²) in [6.45, 7) is 4.25. The minimum absolute atomic E-state index is 0.210. The van der Waals surface area contributed by atoms with Gasteiger partial charge in [-0.1, -0.05) is 36.4 Å². The number of aromatic amines is 1. The molecule has 0 unspecified atom stereocenters. The third-order valence-electron chi connectivity index (χ3n) is 5.21. The van der Waals surface area contributed by atoms with E-state index in [1.807, 2.05) is 25.1 Å². The summed E-state index contributed by atoms with van der Waals surface area (Å²) < 4.78 is 13.8. The molecule has 2 aromatic carbocycles. The van der Waals surface area contributed by atoms with Crippen LogP contribution in [0.15, 0.2) is 66.0 Å². The number of aromatic nitrogens is 1. The molecule has 0 fully saturated rings. The second-order valence-corrected chi connectivity index (χ2v) is 8.73. The van der Waals surface area contributed by atoms with E-state index in [2.05, 4.69) is 44.8 Å². The number of fused-ring (bicyclic) bond motifs is 1. The Morgan fingerprint density at radius 1 is 1.13 bits per heavy atom. The van der Waals surface area contributed by atoms with E-state index in [1.54, 1.807) is 23.5 Å². The van der Waals surface area contributed by atoms with Crippen LogP contribution in [0, 0.1) is 12.7 Å². The monoisotopic (exact) mass is 437 g/mol. The summed E-state index contributed by atoms with van der Waals surface area (Å²) in [7, 11) is 0. The Bertz CT molecular complexity index is 1120. The summed E-state index contributed by atoms with van der Waals surface area (Å²) in [5.74, 6) is -0.210. The molecular weight excluding hydrogens is 413 g/mol. The maximum atomic E-state index is 13.8. The van der Waals surface area contributed by atoms with Crippen molar-refractivity contribution in [1.29, 1.82) is 0 Å². The SMILES string of the molecule is Cc1[nH]c2ccc(F)cc2c1CCN(Cc1cccs1)C(=S)NCc1ccccc1. The van der Waals surface area contributed by atoms with Crippen LogP contribution in [0.1, 0.15) is 21.7 Å². The largest absolute Gasteiger partial charge is 0.358 e. The van der Waals surface area contributed by atoms with Crippen molar-refractivity contribution in [3.63, 3.8) is 0 Å². The van der Waals surface area contributed by atoms with E-state index >= 15 is 0 Å². The van der Waals surface area contributed by atoms with Gasteiger partial charge in [0.15, 0.2) is 5.11 Å². The van der Waals surface area contributed by atoms with E-state index in [1.165, 1.54) is 16.5 Å². The van der Waals surface area contributed by atoms with Gasteiger partial charge in [-0.2, -0.15) is 0 Å². The van der Waals surface area contributed by atoms with Crippen LogP contribution in [0.25, 0.3) is 10.9 Å². The average molecular weight is 438 g/mol. The molecule has 4 aromatic rings. The van der Waals surface area contributed by atoms with Gasteiger partial charge in [-0.15, -0.1) is 11.3 Å². The highest BCUT2D eigenvalue weighted by Crippen LogP contribution is 2.24. The predicted molar refractivity (Wildman–Crippen MR) is 127 cm³/mol. The van der Waals surface area contributed by atoms with Crippen LogP contribution in [-0.4, -0.2) is 21.5 Å². The van der Waals surface area contributed by atoms with Crippen LogP contribution in [0.3, 0.4) is 0 Å². The first kappa shape index (κ1) is 20.6. The molecule has 0 aliphatic heterocycles. The summed E-state index contributed by atoms with van der Waals surface area (Å²) in [6.07, 6.45) is 0.786. The van der Waals surface area contributed by atoms with Crippen molar-refractivity contribution in [2.45, 2.75) is 26.4 Å². The third-order valence-corrected chi connectivity index (χ3v) is 6.48. The van der Waals surface area contributed by atoms with Crippen molar-refractivity contribution >= 4 is 39.6 Å². The van der Waals surface area contributed by atoms with Crippen LogP contribution >= 0.6 is 23.6 Å². The minimum Gasteiger partial charge on any atom is -0.358 e. The van der Waals surface area contributed by atoms with Gasteiger partial charge >= 0.3 is 0 Å². The molecule has 2 N–H and O–H groups in total. The molecule has 0 radical (unpaired) electrons. The topological polar surface area (TPSA) is 31.1 Å². The lowest BCUT2D eigenvalue weighted by atomic mass is 10.1. The second kappa shape index (κ2) is 9.41. The fraction of sp³-hybridized carbons (Fsp3) is 0.208. The summed E-state index contributed by atoms with van der Waals surface area (Å²) in [5, 5.41) is 7.16. The van der Waals surface area contributed by atoms with Crippen molar-refractivity contribution in [2.24, 2.45) is 0 Å². The van der Waals surface area contributed by atoms with Gasteiger partial charge in [0.05, 0.1) is 6.54 Å². The molecule has 0 amide bonds. The molecule has 0 bridgehead atoms. The molecule has 0 saturated heterocycles. The summed E-state index contributed by atoms with van der Waals surface area (Å²) in [5.41, 5.74) is 4.39. The number of H-pyrrole nitrogens is 1. The van der Waals surface area contributed by atoms with Crippen molar-refractivity contribution in [1.82, 2.24) is 15.2 Å². The Morgan fingerprint density at radius 3 is 2.73 bits per heavy atom. The smallest absolute Gasteiger partial charge is 0.169 e. The first-order valence-electron chi connectivity index (χ1n) is 9.96. The van der Waals surface area contributed by atoms with Crippen LogP contribution in [0.4, 0.5) is 4.39 Å². The molecule has 6 heteroatoms. The second-order valence-electron chi connectivity index (χ2n) is 7.31. The maximum absolute atomic E-state index is 13.8. The number of halogens is 1. The van der Waals surface area contributed by atoms with Crippen LogP contribution in [0.5, 0.6) is 0 Å². The number of thiocarbonyl (C=S) groups is 1. The molecule has 2 heterocycles. The molecule has 0 spiro atoms. The summed E-state index contributed by atoms with van der Waals surface area (Å²) in [6, 6.07) is 19.3. The zero-order valence-electron chi connectivity index (χ0n) is 16.8. The highest BCUT2D eigenvalue weighted by atomic mass is 32.1. The lowest BCUT2D eigenvalue weighted by Gasteiger charge is -2.25. The van der Waals surface area contributed by atoms with Gasteiger partial charge < -0.3 is 15.2 Å². The van der Waals surface area contributed by atoms with E-state index in [0.717, 1.165) is 46.8 Å². The quantitative estimate of drug-likeness (QED) is 0.359. The molecule has 0 atom stereocenters. The zero-order valence-corrected chi connectivity index (χ0v) is 18.5. The van der Waals surface area contributed by atoms with Gasteiger partial charge in [-0.05, 0) is 66.3 Å². The Labute approximate surface area is 185 Å². The molecule has 4 rings (SSSR count). The number of rotatable bonds is 7. The van der Waals surface area contributed by atoms with Gasteiger partial charge in [0.25, 0.3) is 0 Å². The molecule has 2 aromatic heterocycles. The first-order chi connectivity index (χ1) is 14.6. The lowest BCUT2D eigenvalue weighted by Crippen LogP contribution is -2.40. The Kier molecular flexibility index (Phi) is 6.45. The molecular formula is C24H24FN3S2. The van der Waals surface area contributed by atoms with Crippen LogP contribution in [-0.2, 0) is 19.5 Å². The third kappa shape index (κ3) is 4.89. The summed E-state index contributed by atoms with van der Waals surface area (Å²) in [4.78, 5) is 6.83. The molecule has 3 nitrogen and oxygen atoms in total. The number of thiophene rings is 1. The van der Waals surface area contributed by atoms with E-state index in [4.69, 9.17) is 12.2 Å². The van der Waals surface area contributed by atoms with Crippen molar-refractivity contribution in [2.75, 3.05) is 6.54 Å². The highest BCUT2D eigenvalue weighted by molar-refractivity contribution is 7.80. The predicted octanol–water partition coefficient (Wildman–Crippen LogP) is 5.80. The van der Waals surface area contributed by atoms with Gasteiger partial charge in [-0.25, -0.2) is 4.39 Å². The van der Waals surface area contributed by atoms with Crippen molar-refractivity contribution in [3.05, 3.63) is 93.6 Å². The van der Waals surface area contributed by atoms with E-state index < -0.39 is 0 Å². The minimum atomic E-state index is -0.210. The van der Waals surface area contributed by atoms with Crippen molar-refractivity contribution < 1.29 is 4.39 Å². The number of hydrogen-bond acceptors (Lipinski definition) is 2. The van der Waals surface area contributed by atoms with Crippen LogP contribution < -0.4 is 5.32 Å². The number of benzene rings is 2. The number of nitrogens with zero attached hydrogens (tertiary/aromatic N) is 1. The number of hydrogen-bond donors (Lipinski definition) is 2. The molecule has 154 valence electrons. The van der Waals surface area contributed by atoms with E-state index in [0.29, 0.717) is 6.54 Å². The van der Waals surface area contributed by atoms with Gasteiger partial charge in [0.1, 0.15) is 5.82 Å². The Hall–Kier alpha value is -2.70. The Morgan fingerprint density at radius 2 is 1.97 bits per heavy atom. The highest BCUT2D eigenvalue weighted by Gasteiger charge is 2.15. The fourth-order valence-corrected chi connectivity index (χ4v) is 4.60. The molecule has 0 aliphatic carbocycles. The van der Waals surface area contributed by atoms with Crippen LogP contribution in [0.2, 0.25) is 0 Å². The molecule has 30 heavy (non-hydrogen) atoms. The lowest BCUT2D eigenvalue weighted by molar-refractivity contribution is 0.412. The zero-order chi connectivity index (χ0) is 20.9. The maximum Gasteiger partial charge on any atom is 0.169 e. The van der Waals surface area contributed by atoms with Crippen molar-refractivity contribution in [3.8, 4) is 0 Å². The number of aryl methyl sites for hydroxylation is 1. The average Bonchev–Trinajstić information content (AvgIpc) is 3.37. The fourth-order valence-electron chi connectivity index (χ4n) is 3.65. The van der Waals surface area contributed by atoms with Gasteiger partial charge in [0, 0.05) is 34.6 Å².